The van der Waals surface area contributed by atoms with Gasteiger partial charge in [0.2, 0.25) is 4.99 Å². The van der Waals surface area contributed by atoms with Crippen molar-refractivity contribution in [3.63, 3.8) is 0 Å². The van der Waals surface area contributed by atoms with E-state index in [0.29, 0.717) is 5.04 Å². The van der Waals surface area contributed by atoms with Crippen LogP contribution in [0.15, 0.2) is 106 Å². The number of anilines is 2. The van der Waals surface area contributed by atoms with E-state index in [2.05, 4.69) is 28.1 Å². The van der Waals surface area contributed by atoms with Gasteiger partial charge < -0.3 is 0 Å². The Morgan fingerprint density at radius 1 is 0.909 bits per heavy atom. The van der Waals surface area contributed by atoms with Gasteiger partial charge in [-0.1, -0.05) is 58.4 Å². The highest BCUT2D eigenvalue weighted by atomic mass is 79.9. The van der Waals surface area contributed by atoms with Gasteiger partial charge in [0.05, 0.1) is 17.1 Å². The minimum atomic E-state index is -0.852. The molecule has 0 N–H and O–H groups in total. The van der Waals surface area contributed by atoms with E-state index in [-0.39, 0.29) is 5.78 Å². The second kappa shape index (κ2) is 8.65. The predicted molar refractivity (Wildman–Crippen MR) is 141 cm³/mol. The van der Waals surface area contributed by atoms with Gasteiger partial charge in [0.25, 0.3) is 0 Å². The molecular weight excluding hydrogens is 496 g/mol. The Balaban J connectivity index is 1.68. The first-order valence-corrected chi connectivity index (χ1v) is 12.1. The molecule has 7 heteroatoms. The lowest BCUT2D eigenvalue weighted by Gasteiger charge is -2.43. The molecule has 2 aliphatic heterocycles. The zero-order chi connectivity index (χ0) is 23.0. The largest absolute Gasteiger partial charge is 0.292 e. The molecule has 0 amide bonds. The Bertz CT molecular complexity index is 1300. The van der Waals surface area contributed by atoms with E-state index in [0.717, 1.165) is 32.7 Å². The van der Waals surface area contributed by atoms with Gasteiger partial charge in [-0.25, -0.2) is 10.0 Å². The minimum Gasteiger partial charge on any atom is -0.292 e. The van der Waals surface area contributed by atoms with E-state index in [1.54, 1.807) is 6.92 Å². The summed E-state index contributed by atoms with van der Waals surface area (Å²) < 4.78 is 1.01. The average molecular weight is 517 g/mol. The number of carbonyl (C=O) groups is 1. The van der Waals surface area contributed by atoms with E-state index >= 15 is 0 Å². The Morgan fingerprint density at radius 2 is 1.61 bits per heavy atom. The fourth-order valence-corrected chi connectivity index (χ4v) is 5.22. The number of para-hydroxylation sites is 1. The summed E-state index contributed by atoms with van der Waals surface area (Å²) in [5.74, 6) is -0.0707. The molecule has 2 heterocycles. The number of nitrogens with zero attached hydrogens (tertiary/aromatic N) is 4. The Labute approximate surface area is 205 Å². The van der Waals surface area contributed by atoms with Crippen molar-refractivity contribution in [3.05, 3.63) is 107 Å². The van der Waals surface area contributed by atoms with Crippen molar-refractivity contribution in [2.75, 3.05) is 10.0 Å². The van der Waals surface area contributed by atoms with Crippen molar-refractivity contribution in [1.82, 2.24) is 0 Å². The number of carbonyl (C=O) groups excluding carboxylic acids is 1. The molecule has 0 unspecified atom stereocenters. The van der Waals surface area contributed by atoms with Crippen LogP contribution in [0.5, 0.6) is 0 Å². The van der Waals surface area contributed by atoms with Gasteiger partial charge in [-0.05, 0) is 72.8 Å². The Hall–Kier alpha value is -3.16. The van der Waals surface area contributed by atoms with Crippen LogP contribution >= 0.6 is 27.7 Å². The van der Waals surface area contributed by atoms with Crippen LogP contribution in [0.1, 0.15) is 18.1 Å². The quantitative estimate of drug-likeness (QED) is 0.405. The van der Waals surface area contributed by atoms with E-state index < -0.39 is 4.99 Å². The maximum absolute atomic E-state index is 12.4. The third-order valence-electron chi connectivity index (χ3n) is 5.40. The molecule has 164 valence electrons. The predicted octanol–water partition coefficient (Wildman–Crippen LogP) is 6.35. The van der Waals surface area contributed by atoms with E-state index in [1.165, 1.54) is 11.8 Å². The summed E-state index contributed by atoms with van der Waals surface area (Å²) >= 11 is 4.91. The highest BCUT2D eigenvalue weighted by molar-refractivity contribution is 9.10. The summed E-state index contributed by atoms with van der Waals surface area (Å²) in [6.45, 7) is 3.60. The Morgan fingerprint density at radius 3 is 2.30 bits per heavy atom. The lowest BCUT2D eigenvalue weighted by Crippen LogP contribution is -2.53. The maximum Gasteiger partial charge on any atom is 0.227 e. The first kappa shape index (κ1) is 21.7. The molecule has 0 radical (unpaired) electrons. The molecule has 0 fully saturated rings. The molecule has 5 nitrogen and oxygen atoms in total. The van der Waals surface area contributed by atoms with Gasteiger partial charge in [0.15, 0.2) is 10.8 Å². The smallest absolute Gasteiger partial charge is 0.227 e. The van der Waals surface area contributed by atoms with Gasteiger partial charge in [-0.2, -0.15) is 10.2 Å². The van der Waals surface area contributed by atoms with Crippen molar-refractivity contribution in [2.24, 2.45) is 10.2 Å². The number of hydrogen-bond donors (Lipinski definition) is 0. The summed E-state index contributed by atoms with van der Waals surface area (Å²) in [7, 11) is 0. The molecule has 5 rings (SSSR count). The molecule has 0 aliphatic carbocycles. The fraction of sp³-hybridized carbons (Fsp3) is 0.115. The number of aryl methyl sites for hydroxylation is 1. The zero-order valence-corrected chi connectivity index (χ0v) is 20.5. The number of thioether (sulfide) groups is 1. The molecule has 0 saturated carbocycles. The van der Waals surface area contributed by atoms with Crippen molar-refractivity contribution < 1.29 is 4.79 Å². The summed E-state index contributed by atoms with van der Waals surface area (Å²) in [5.41, 5.74) is 4.75. The number of halogens is 1. The van der Waals surface area contributed by atoms with Gasteiger partial charge in [0, 0.05) is 17.0 Å². The molecule has 2 aliphatic rings. The summed E-state index contributed by atoms with van der Waals surface area (Å²) in [6.07, 6.45) is 4.09. The monoisotopic (exact) mass is 516 g/mol. The summed E-state index contributed by atoms with van der Waals surface area (Å²) in [6, 6.07) is 26.2. The maximum atomic E-state index is 12.4. The highest BCUT2D eigenvalue weighted by Gasteiger charge is 2.50. The number of benzene rings is 3. The number of hydrazone groups is 2. The average Bonchev–Trinajstić information content (AvgIpc) is 3.21. The number of ketones is 1. The number of hydrogen-bond acceptors (Lipinski definition) is 6. The molecule has 1 atom stereocenters. The highest BCUT2D eigenvalue weighted by Crippen LogP contribution is 2.48. The lowest BCUT2D eigenvalue weighted by atomic mass is 10.1. The molecule has 3 aromatic rings. The van der Waals surface area contributed by atoms with Gasteiger partial charge in [-0.15, -0.1) is 0 Å². The Kier molecular flexibility index (Phi) is 5.68. The van der Waals surface area contributed by atoms with E-state index in [1.807, 2.05) is 95.8 Å². The van der Waals surface area contributed by atoms with Crippen molar-refractivity contribution in [2.45, 2.75) is 18.8 Å². The van der Waals surface area contributed by atoms with Gasteiger partial charge in [-0.3, -0.25) is 4.79 Å². The first-order valence-electron chi connectivity index (χ1n) is 10.5. The van der Waals surface area contributed by atoms with Crippen LogP contribution in [-0.2, 0) is 4.79 Å². The second-order valence-electron chi connectivity index (χ2n) is 7.85. The number of Topliss-reactive ketones (excluding diaryl/α,β-unsaturated/α-hetero) is 1. The molecule has 1 spiro atoms. The topological polar surface area (TPSA) is 48.3 Å². The molecular formula is C26H21BrN4OS. The third kappa shape index (κ3) is 4.03. The SMILES string of the molecule is CC(=O)C1=NN(c2cccc(C)c2)[C@]2(C=CC(c3ccc(Br)cc3)=NN2c2ccccc2)S1. The summed E-state index contributed by atoms with van der Waals surface area (Å²) in [5, 5.41) is 14.1. The normalized spacial score (nSPS) is 19.6. The fourth-order valence-electron chi connectivity index (χ4n) is 3.81. The second-order valence-corrected chi connectivity index (χ2v) is 9.95. The molecule has 0 saturated heterocycles. The standard InChI is InChI=1S/C26H21BrN4OS/c1-18-7-6-10-23(17-18)31-26(33-25(29-31)19(2)32)16-15-24(20-11-13-21(27)14-12-20)28-30(26)22-8-4-3-5-9-22/h3-17H,1-2H3/t26-/m1/s1. The van der Waals surface area contributed by atoms with Crippen LogP contribution in [0.2, 0.25) is 0 Å². The van der Waals surface area contributed by atoms with Crippen LogP contribution in [0.4, 0.5) is 11.4 Å². The van der Waals surface area contributed by atoms with E-state index in [9.17, 15) is 4.79 Å². The first-order chi connectivity index (χ1) is 16.0. The van der Waals surface area contributed by atoms with Crippen molar-refractivity contribution in [1.29, 1.82) is 0 Å². The van der Waals surface area contributed by atoms with Crippen molar-refractivity contribution in [3.8, 4) is 0 Å². The molecule has 3 aromatic carbocycles. The van der Waals surface area contributed by atoms with Crippen molar-refractivity contribution >= 4 is 55.6 Å². The van der Waals surface area contributed by atoms with Crippen LogP contribution in [0, 0.1) is 6.92 Å². The number of allylic oxidation sites excluding steroid dienone is 1. The zero-order valence-electron chi connectivity index (χ0n) is 18.1. The van der Waals surface area contributed by atoms with E-state index in [4.69, 9.17) is 10.2 Å². The van der Waals surface area contributed by atoms with Crippen LogP contribution in [0.3, 0.4) is 0 Å². The van der Waals surface area contributed by atoms with Crippen LogP contribution in [0.25, 0.3) is 0 Å². The minimum absolute atomic E-state index is 0.0707. The molecule has 0 aromatic heterocycles. The molecule has 0 bridgehead atoms. The number of rotatable bonds is 4. The third-order valence-corrected chi connectivity index (χ3v) is 7.27. The van der Waals surface area contributed by atoms with Crippen LogP contribution < -0.4 is 10.0 Å². The summed E-state index contributed by atoms with van der Waals surface area (Å²) in [4.78, 5) is 11.6. The van der Waals surface area contributed by atoms with Gasteiger partial charge >= 0.3 is 0 Å². The van der Waals surface area contributed by atoms with Gasteiger partial charge in [0.1, 0.15) is 0 Å². The lowest BCUT2D eigenvalue weighted by molar-refractivity contribution is -0.110. The van der Waals surface area contributed by atoms with Crippen LogP contribution in [-0.4, -0.2) is 21.5 Å². The molecule has 33 heavy (non-hydrogen) atoms.